The number of aromatic hydroxyl groups is 1. The first-order valence-corrected chi connectivity index (χ1v) is 12.3. The number of benzene rings is 3. The van der Waals surface area contributed by atoms with Crippen molar-refractivity contribution in [2.45, 2.75) is 37.3 Å². The highest BCUT2D eigenvalue weighted by Crippen LogP contribution is 2.34. The average molecular weight is 476 g/mol. The molecule has 7 heteroatoms. The summed E-state index contributed by atoms with van der Waals surface area (Å²) >= 11 is 3.00. The van der Waals surface area contributed by atoms with E-state index >= 15 is 0 Å². The monoisotopic (exact) mass is 475 g/mol. The van der Waals surface area contributed by atoms with E-state index in [1.165, 1.54) is 17.3 Å². The van der Waals surface area contributed by atoms with Gasteiger partial charge in [0.15, 0.2) is 4.34 Å². The Labute approximate surface area is 201 Å². The number of hydrogen-bond donors (Lipinski definition) is 2. The van der Waals surface area contributed by atoms with Crippen LogP contribution >= 0.6 is 23.1 Å². The second-order valence-corrected chi connectivity index (χ2v) is 10.6. The lowest BCUT2D eigenvalue weighted by molar-refractivity contribution is -0.115. The van der Waals surface area contributed by atoms with Gasteiger partial charge in [-0.15, -0.1) is 11.3 Å². The molecule has 0 aliphatic heterocycles. The third-order valence-corrected chi connectivity index (χ3v) is 7.43. The standard InChI is InChI=1S/C26H25N3O2S2/c1-15-11-16(2)24(17(3)12-15)29-25(31)18(4)32-26-28-21-10-9-20(13-23(21)33-26)27-14-19-7-5-6-8-22(19)30/h5-14,18,30H,1-4H3,(H,29,31)/t18-/m0/s1. The Morgan fingerprint density at radius 3 is 2.58 bits per heavy atom. The van der Waals surface area contributed by atoms with Gasteiger partial charge in [-0.1, -0.05) is 41.6 Å². The van der Waals surface area contributed by atoms with E-state index in [1.54, 1.807) is 29.7 Å². The molecule has 168 valence electrons. The largest absolute Gasteiger partial charge is 0.507 e. The number of thioether (sulfide) groups is 1. The SMILES string of the molecule is Cc1cc(C)c(NC(=O)[C@H](C)Sc2nc3ccc(N=Cc4ccccc4O)cc3s2)c(C)c1. The Morgan fingerprint density at radius 1 is 1.12 bits per heavy atom. The van der Waals surface area contributed by atoms with Crippen molar-refractivity contribution in [3.8, 4) is 5.75 Å². The first kappa shape index (κ1) is 23.0. The molecule has 0 bridgehead atoms. The van der Waals surface area contributed by atoms with Gasteiger partial charge in [-0.25, -0.2) is 4.98 Å². The number of nitrogens with zero attached hydrogens (tertiary/aromatic N) is 2. The minimum Gasteiger partial charge on any atom is -0.507 e. The fraction of sp³-hybridized carbons (Fsp3) is 0.192. The molecule has 0 fully saturated rings. The van der Waals surface area contributed by atoms with Crippen LogP contribution in [0, 0.1) is 20.8 Å². The highest BCUT2D eigenvalue weighted by Gasteiger charge is 2.18. The van der Waals surface area contributed by atoms with Crippen LogP contribution in [-0.2, 0) is 4.79 Å². The molecular weight excluding hydrogens is 450 g/mol. The van der Waals surface area contributed by atoms with Crippen LogP contribution in [0.2, 0.25) is 0 Å². The predicted molar refractivity (Wildman–Crippen MR) is 140 cm³/mol. The fourth-order valence-corrected chi connectivity index (χ4v) is 5.81. The summed E-state index contributed by atoms with van der Waals surface area (Å²) in [7, 11) is 0. The van der Waals surface area contributed by atoms with E-state index in [2.05, 4.69) is 34.3 Å². The molecule has 1 aromatic heterocycles. The first-order valence-electron chi connectivity index (χ1n) is 10.6. The number of phenols is 1. The van der Waals surface area contributed by atoms with E-state index in [4.69, 9.17) is 0 Å². The van der Waals surface area contributed by atoms with Gasteiger partial charge in [0.05, 0.1) is 21.2 Å². The molecule has 1 heterocycles. The van der Waals surface area contributed by atoms with Crippen LogP contribution in [0.3, 0.4) is 0 Å². The van der Waals surface area contributed by atoms with Gasteiger partial charge >= 0.3 is 0 Å². The third kappa shape index (κ3) is 5.43. The molecule has 4 rings (SSSR count). The van der Waals surface area contributed by atoms with Crippen molar-refractivity contribution in [3.05, 3.63) is 76.9 Å². The number of aliphatic imine (C=N–C) groups is 1. The maximum absolute atomic E-state index is 12.8. The molecular formula is C26H25N3O2S2. The van der Waals surface area contributed by atoms with Crippen LogP contribution in [0.4, 0.5) is 11.4 Å². The molecule has 5 nitrogen and oxygen atoms in total. The van der Waals surface area contributed by atoms with Gasteiger partial charge in [0.1, 0.15) is 5.75 Å². The molecule has 0 saturated heterocycles. The highest BCUT2D eigenvalue weighted by molar-refractivity contribution is 8.02. The Hall–Kier alpha value is -3.16. The van der Waals surface area contributed by atoms with Crippen LogP contribution in [0.25, 0.3) is 10.2 Å². The molecule has 0 radical (unpaired) electrons. The van der Waals surface area contributed by atoms with Gasteiger partial charge in [-0.2, -0.15) is 0 Å². The third-order valence-electron chi connectivity index (χ3n) is 5.21. The van der Waals surface area contributed by atoms with Crippen LogP contribution in [0.5, 0.6) is 5.75 Å². The maximum Gasteiger partial charge on any atom is 0.237 e. The normalized spacial score (nSPS) is 12.4. The molecule has 4 aromatic rings. The number of phenolic OH excluding ortho intramolecular Hbond substituents is 1. The fourth-order valence-electron chi connectivity index (χ4n) is 3.57. The minimum atomic E-state index is -0.288. The number of hydrogen-bond acceptors (Lipinski definition) is 6. The summed E-state index contributed by atoms with van der Waals surface area (Å²) < 4.78 is 1.84. The van der Waals surface area contributed by atoms with Gasteiger partial charge < -0.3 is 10.4 Å². The summed E-state index contributed by atoms with van der Waals surface area (Å²) in [4.78, 5) is 22.0. The molecule has 1 atom stereocenters. The van der Waals surface area contributed by atoms with Crippen LogP contribution in [0.15, 0.2) is 63.9 Å². The molecule has 33 heavy (non-hydrogen) atoms. The zero-order valence-electron chi connectivity index (χ0n) is 18.9. The van der Waals surface area contributed by atoms with Crippen LogP contribution in [0.1, 0.15) is 29.2 Å². The number of para-hydroxylation sites is 1. The van der Waals surface area contributed by atoms with E-state index in [9.17, 15) is 9.90 Å². The lowest BCUT2D eigenvalue weighted by Crippen LogP contribution is -2.23. The predicted octanol–water partition coefficient (Wildman–Crippen LogP) is 6.80. The molecule has 1 amide bonds. The minimum absolute atomic E-state index is 0.0396. The van der Waals surface area contributed by atoms with E-state index in [1.807, 2.05) is 51.1 Å². The number of aryl methyl sites for hydroxylation is 3. The first-order chi connectivity index (χ1) is 15.8. The molecule has 0 saturated carbocycles. The van der Waals surface area contributed by atoms with E-state index in [-0.39, 0.29) is 16.9 Å². The van der Waals surface area contributed by atoms with Gasteiger partial charge in [-0.3, -0.25) is 9.79 Å². The summed E-state index contributed by atoms with van der Waals surface area (Å²) in [6.45, 7) is 7.98. The van der Waals surface area contributed by atoms with Crippen molar-refractivity contribution in [1.29, 1.82) is 0 Å². The Bertz CT molecular complexity index is 1340. The van der Waals surface area contributed by atoms with Gasteiger partial charge in [0.2, 0.25) is 5.91 Å². The lowest BCUT2D eigenvalue weighted by atomic mass is 10.1. The maximum atomic E-state index is 12.8. The van der Waals surface area contributed by atoms with Gasteiger partial charge in [0.25, 0.3) is 0 Å². The summed E-state index contributed by atoms with van der Waals surface area (Å²) in [5.41, 5.74) is 6.52. The second kappa shape index (κ2) is 9.77. The number of carbonyl (C=O) groups is 1. The van der Waals surface area contributed by atoms with Crippen LogP contribution < -0.4 is 5.32 Å². The number of amides is 1. The number of carbonyl (C=O) groups excluding carboxylic acids is 1. The summed E-state index contributed by atoms with van der Waals surface area (Å²) in [5.74, 6) is 0.157. The number of fused-ring (bicyclic) bond motifs is 1. The number of nitrogens with one attached hydrogen (secondary N) is 1. The molecule has 2 N–H and O–H groups in total. The van der Waals surface area contributed by atoms with Crippen LogP contribution in [-0.4, -0.2) is 27.5 Å². The number of anilines is 1. The second-order valence-electron chi connectivity index (χ2n) is 7.97. The van der Waals surface area contributed by atoms with Crippen molar-refractivity contribution in [1.82, 2.24) is 4.98 Å². The number of thiazole rings is 1. The number of aromatic nitrogens is 1. The summed E-state index contributed by atoms with van der Waals surface area (Å²) in [6.07, 6.45) is 1.65. The average Bonchev–Trinajstić information content (AvgIpc) is 3.17. The Morgan fingerprint density at radius 2 is 1.85 bits per heavy atom. The molecule has 0 aliphatic rings. The molecule has 0 spiro atoms. The molecule has 0 aliphatic carbocycles. The molecule has 0 unspecified atom stereocenters. The van der Waals surface area contributed by atoms with Crippen molar-refractivity contribution >= 4 is 56.8 Å². The van der Waals surface area contributed by atoms with Crippen molar-refractivity contribution in [2.24, 2.45) is 4.99 Å². The number of rotatable bonds is 6. The summed E-state index contributed by atoms with van der Waals surface area (Å²) in [5, 5.41) is 12.7. The topological polar surface area (TPSA) is 74.6 Å². The van der Waals surface area contributed by atoms with Crippen molar-refractivity contribution in [2.75, 3.05) is 5.32 Å². The zero-order chi connectivity index (χ0) is 23.5. The summed E-state index contributed by atoms with van der Waals surface area (Å²) in [6, 6.07) is 17.0. The van der Waals surface area contributed by atoms with Gasteiger partial charge in [-0.05, 0) is 69.2 Å². The highest BCUT2D eigenvalue weighted by atomic mass is 32.2. The zero-order valence-corrected chi connectivity index (χ0v) is 20.6. The van der Waals surface area contributed by atoms with E-state index < -0.39 is 0 Å². The smallest absolute Gasteiger partial charge is 0.237 e. The van der Waals surface area contributed by atoms with E-state index in [0.29, 0.717) is 5.56 Å². The van der Waals surface area contributed by atoms with Crippen molar-refractivity contribution in [3.63, 3.8) is 0 Å². The molecule has 3 aromatic carbocycles. The Balaban J connectivity index is 1.46. The van der Waals surface area contributed by atoms with Gasteiger partial charge in [0, 0.05) is 17.5 Å². The van der Waals surface area contributed by atoms with Crippen molar-refractivity contribution < 1.29 is 9.90 Å². The Kier molecular flexibility index (Phi) is 6.81. The lowest BCUT2D eigenvalue weighted by Gasteiger charge is -2.15. The quantitative estimate of drug-likeness (QED) is 0.238. The van der Waals surface area contributed by atoms with E-state index in [0.717, 1.165) is 37.1 Å².